The van der Waals surface area contributed by atoms with E-state index < -0.39 is 12.4 Å². The summed E-state index contributed by atoms with van der Waals surface area (Å²) >= 11 is 1.78. The maximum atomic E-state index is 12.7. The number of aromatic nitrogens is 1. The van der Waals surface area contributed by atoms with Crippen LogP contribution in [0, 0.1) is 3.57 Å². The van der Waals surface area contributed by atoms with Gasteiger partial charge in [0.05, 0.1) is 18.7 Å². The van der Waals surface area contributed by atoms with Gasteiger partial charge < -0.3 is 10.5 Å². The molecule has 0 aliphatic carbocycles. The predicted molar refractivity (Wildman–Crippen MR) is 70.1 cm³/mol. The number of esters is 1. The van der Waals surface area contributed by atoms with Crippen LogP contribution in [0.3, 0.4) is 0 Å². The standard InChI is InChI=1S/C11H13F2IN2O2/c1-2-18-9(17)3-6-8(4-15)16-5-7(10(6)14)11(12)13/h5,11H,2-4,15H2,1H3. The largest absolute Gasteiger partial charge is 0.466 e. The molecule has 0 aromatic carbocycles. The Kier molecular flexibility index (Phi) is 5.86. The molecular formula is C11H13F2IN2O2. The van der Waals surface area contributed by atoms with Gasteiger partial charge in [0.1, 0.15) is 0 Å². The Bertz CT molecular complexity index is 441. The topological polar surface area (TPSA) is 65.2 Å². The molecule has 0 amide bonds. The van der Waals surface area contributed by atoms with Gasteiger partial charge in [-0.1, -0.05) is 0 Å². The minimum Gasteiger partial charge on any atom is -0.466 e. The smallest absolute Gasteiger partial charge is 0.310 e. The number of nitrogens with zero attached hydrogens (tertiary/aromatic N) is 1. The number of nitrogens with two attached hydrogens (primary N) is 1. The van der Waals surface area contributed by atoms with Crippen LogP contribution >= 0.6 is 22.6 Å². The maximum absolute atomic E-state index is 12.7. The Morgan fingerprint density at radius 3 is 2.78 bits per heavy atom. The van der Waals surface area contributed by atoms with Crippen molar-refractivity contribution in [2.24, 2.45) is 5.73 Å². The van der Waals surface area contributed by atoms with Gasteiger partial charge in [-0.25, -0.2) is 8.78 Å². The Morgan fingerprint density at radius 1 is 1.61 bits per heavy atom. The number of carbonyl (C=O) groups excluding carboxylic acids is 1. The third-order valence-corrected chi connectivity index (χ3v) is 3.55. The van der Waals surface area contributed by atoms with Crippen molar-refractivity contribution in [1.82, 2.24) is 4.98 Å². The molecule has 4 nitrogen and oxygen atoms in total. The number of pyridine rings is 1. The highest BCUT2D eigenvalue weighted by Crippen LogP contribution is 2.28. The van der Waals surface area contributed by atoms with E-state index in [-0.39, 0.29) is 25.1 Å². The van der Waals surface area contributed by atoms with Gasteiger partial charge in [0, 0.05) is 21.9 Å². The van der Waals surface area contributed by atoms with E-state index in [1.165, 1.54) is 0 Å². The molecule has 1 rings (SSSR count). The molecule has 0 unspecified atom stereocenters. The molecule has 0 saturated heterocycles. The van der Waals surface area contributed by atoms with E-state index >= 15 is 0 Å². The Balaban J connectivity index is 3.13. The van der Waals surface area contributed by atoms with Crippen molar-refractivity contribution < 1.29 is 18.3 Å². The maximum Gasteiger partial charge on any atom is 0.310 e. The predicted octanol–water partition coefficient (Wildman–Crippen LogP) is 2.19. The summed E-state index contributed by atoms with van der Waals surface area (Å²) in [5.41, 5.74) is 6.17. The van der Waals surface area contributed by atoms with Crippen LogP contribution in [0.1, 0.15) is 30.2 Å². The van der Waals surface area contributed by atoms with E-state index in [0.717, 1.165) is 6.20 Å². The first kappa shape index (κ1) is 15.2. The molecule has 0 bridgehead atoms. The highest BCUT2D eigenvalue weighted by molar-refractivity contribution is 14.1. The van der Waals surface area contributed by atoms with Crippen molar-refractivity contribution in [3.8, 4) is 0 Å². The van der Waals surface area contributed by atoms with Gasteiger partial charge in [0.15, 0.2) is 0 Å². The van der Waals surface area contributed by atoms with Gasteiger partial charge in [-0.15, -0.1) is 0 Å². The van der Waals surface area contributed by atoms with E-state index in [1.54, 1.807) is 29.5 Å². The summed E-state index contributed by atoms with van der Waals surface area (Å²) < 4.78 is 30.6. The minimum absolute atomic E-state index is 0.0911. The van der Waals surface area contributed by atoms with Crippen LogP contribution in [0.4, 0.5) is 8.78 Å². The Hall–Kier alpha value is -0.830. The lowest BCUT2D eigenvalue weighted by Crippen LogP contribution is -2.15. The molecule has 0 fully saturated rings. The fraction of sp³-hybridized carbons (Fsp3) is 0.455. The zero-order valence-electron chi connectivity index (χ0n) is 9.75. The van der Waals surface area contributed by atoms with E-state index in [0.29, 0.717) is 14.8 Å². The molecule has 0 atom stereocenters. The van der Waals surface area contributed by atoms with E-state index in [9.17, 15) is 13.6 Å². The van der Waals surface area contributed by atoms with Crippen LogP contribution < -0.4 is 5.73 Å². The van der Waals surface area contributed by atoms with Gasteiger partial charge in [0.25, 0.3) is 6.43 Å². The fourth-order valence-electron chi connectivity index (χ4n) is 1.45. The number of alkyl halides is 2. The Labute approximate surface area is 117 Å². The summed E-state index contributed by atoms with van der Waals surface area (Å²) in [6.45, 7) is 2.02. The molecule has 2 N–H and O–H groups in total. The van der Waals surface area contributed by atoms with Crippen LogP contribution in [0.25, 0.3) is 0 Å². The molecule has 0 spiro atoms. The molecule has 0 saturated carbocycles. The lowest BCUT2D eigenvalue weighted by Gasteiger charge is -2.12. The molecule has 18 heavy (non-hydrogen) atoms. The summed E-state index contributed by atoms with van der Waals surface area (Å²) in [5, 5.41) is 0. The van der Waals surface area contributed by atoms with Crippen molar-refractivity contribution in [2.75, 3.05) is 6.61 Å². The van der Waals surface area contributed by atoms with Crippen molar-refractivity contribution in [3.05, 3.63) is 26.6 Å². The molecule has 0 aliphatic rings. The van der Waals surface area contributed by atoms with E-state index in [2.05, 4.69) is 4.98 Å². The molecule has 0 aliphatic heterocycles. The number of halogens is 3. The molecular weight excluding hydrogens is 357 g/mol. The third kappa shape index (κ3) is 3.58. The molecule has 7 heteroatoms. The zero-order chi connectivity index (χ0) is 13.7. The average molecular weight is 370 g/mol. The summed E-state index contributed by atoms with van der Waals surface area (Å²) in [6.07, 6.45) is -1.62. The number of ether oxygens (including phenoxy) is 1. The number of rotatable bonds is 5. The van der Waals surface area contributed by atoms with Crippen molar-refractivity contribution >= 4 is 28.6 Å². The van der Waals surface area contributed by atoms with Crippen LogP contribution in [0.5, 0.6) is 0 Å². The third-order valence-electron chi connectivity index (χ3n) is 2.28. The van der Waals surface area contributed by atoms with Gasteiger partial charge in [0.2, 0.25) is 0 Å². The van der Waals surface area contributed by atoms with Gasteiger partial charge in [-0.3, -0.25) is 9.78 Å². The normalized spacial score (nSPS) is 10.8. The summed E-state index contributed by atoms with van der Waals surface area (Å²) in [4.78, 5) is 15.3. The van der Waals surface area contributed by atoms with Crippen LogP contribution in [-0.4, -0.2) is 17.6 Å². The van der Waals surface area contributed by atoms with Crippen LogP contribution in [-0.2, 0) is 22.5 Å². The summed E-state index contributed by atoms with van der Waals surface area (Å²) in [7, 11) is 0. The molecule has 1 heterocycles. The van der Waals surface area contributed by atoms with Crippen LogP contribution in [0.2, 0.25) is 0 Å². The number of hydrogen-bond donors (Lipinski definition) is 1. The van der Waals surface area contributed by atoms with Gasteiger partial charge >= 0.3 is 5.97 Å². The lowest BCUT2D eigenvalue weighted by atomic mass is 10.1. The van der Waals surface area contributed by atoms with E-state index in [1.807, 2.05) is 0 Å². The molecule has 100 valence electrons. The monoisotopic (exact) mass is 370 g/mol. The van der Waals surface area contributed by atoms with Crippen molar-refractivity contribution in [2.45, 2.75) is 26.3 Å². The second-order valence-electron chi connectivity index (χ2n) is 3.44. The van der Waals surface area contributed by atoms with Crippen LogP contribution in [0.15, 0.2) is 6.20 Å². The molecule has 0 radical (unpaired) electrons. The van der Waals surface area contributed by atoms with E-state index in [4.69, 9.17) is 10.5 Å². The minimum atomic E-state index is -2.63. The second kappa shape index (κ2) is 6.93. The highest BCUT2D eigenvalue weighted by atomic mass is 127. The molecule has 1 aromatic heterocycles. The highest BCUT2D eigenvalue weighted by Gasteiger charge is 2.20. The Morgan fingerprint density at radius 2 is 2.28 bits per heavy atom. The van der Waals surface area contributed by atoms with Gasteiger partial charge in [-0.2, -0.15) is 0 Å². The SMILES string of the molecule is CCOC(=O)Cc1c(CN)ncc(C(F)F)c1I. The van der Waals surface area contributed by atoms with Gasteiger partial charge in [-0.05, 0) is 35.1 Å². The van der Waals surface area contributed by atoms with Crippen molar-refractivity contribution in [3.63, 3.8) is 0 Å². The molecule has 1 aromatic rings. The zero-order valence-corrected chi connectivity index (χ0v) is 11.9. The first-order valence-corrected chi connectivity index (χ1v) is 6.39. The summed E-state index contributed by atoms with van der Waals surface area (Å²) in [6, 6.07) is 0. The fourth-order valence-corrected chi connectivity index (χ4v) is 2.32. The average Bonchev–Trinajstić information content (AvgIpc) is 2.31. The number of carbonyl (C=O) groups is 1. The number of hydrogen-bond acceptors (Lipinski definition) is 4. The first-order valence-electron chi connectivity index (χ1n) is 5.31. The first-order chi connectivity index (χ1) is 8.51. The lowest BCUT2D eigenvalue weighted by molar-refractivity contribution is -0.142. The summed E-state index contributed by atoms with van der Waals surface area (Å²) in [5.74, 6) is -0.474. The quantitative estimate of drug-likeness (QED) is 0.638. The second-order valence-corrected chi connectivity index (χ2v) is 4.52. The van der Waals surface area contributed by atoms with Crippen molar-refractivity contribution in [1.29, 1.82) is 0 Å².